The molecule has 0 bridgehead atoms. The number of benzene rings is 1. The molecular weight excluding hydrogens is 267 g/mol. The molecule has 0 aliphatic heterocycles. The van der Waals surface area contributed by atoms with E-state index in [1.165, 1.54) is 0 Å². The molecule has 78 valence electrons. The number of aliphatic hydroxyl groups is 1. The largest absolute Gasteiger partial charge is 0.489 e. The number of rotatable bonds is 4. The summed E-state index contributed by atoms with van der Waals surface area (Å²) < 4.78 is 6.36. The summed E-state index contributed by atoms with van der Waals surface area (Å²) in [6.45, 7) is 2.01. The zero-order chi connectivity index (χ0) is 10.6. The van der Waals surface area contributed by atoms with Gasteiger partial charge in [-0.25, -0.2) is 0 Å². The SMILES string of the molecule is C[C@@H](CCO)Oc1cccc(Br)c1Cl. The fourth-order valence-electron chi connectivity index (χ4n) is 1.03. The summed E-state index contributed by atoms with van der Waals surface area (Å²) in [4.78, 5) is 0. The lowest BCUT2D eigenvalue weighted by Gasteiger charge is -2.14. The molecule has 1 aromatic rings. The van der Waals surface area contributed by atoms with Crippen LogP contribution >= 0.6 is 27.5 Å². The Morgan fingerprint density at radius 3 is 2.93 bits per heavy atom. The predicted octanol–water partition coefficient (Wildman–Crippen LogP) is 3.25. The van der Waals surface area contributed by atoms with Crippen LogP contribution in [-0.4, -0.2) is 17.8 Å². The van der Waals surface area contributed by atoms with E-state index in [2.05, 4.69) is 15.9 Å². The molecule has 1 rings (SSSR count). The van der Waals surface area contributed by atoms with Crippen LogP contribution in [0.2, 0.25) is 5.02 Å². The molecule has 0 aromatic heterocycles. The van der Waals surface area contributed by atoms with Crippen LogP contribution in [0.15, 0.2) is 22.7 Å². The zero-order valence-electron chi connectivity index (χ0n) is 7.84. The van der Waals surface area contributed by atoms with Crippen molar-refractivity contribution in [2.45, 2.75) is 19.4 Å². The first-order valence-electron chi connectivity index (χ1n) is 4.36. The fourth-order valence-corrected chi connectivity index (χ4v) is 1.55. The van der Waals surface area contributed by atoms with Crippen molar-refractivity contribution in [2.75, 3.05) is 6.61 Å². The summed E-state index contributed by atoms with van der Waals surface area (Å²) in [5, 5.41) is 9.28. The van der Waals surface area contributed by atoms with Gasteiger partial charge in [0.25, 0.3) is 0 Å². The Morgan fingerprint density at radius 2 is 2.29 bits per heavy atom. The zero-order valence-corrected chi connectivity index (χ0v) is 10.2. The number of aliphatic hydroxyl groups excluding tert-OH is 1. The number of halogens is 2. The molecule has 1 aromatic carbocycles. The lowest BCUT2D eigenvalue weighted by Crippen LogP contribution is -2.13. The van der Waals surface area contributed by atoms with Crippen LogP contribution in [-0.2, 0) is 0 Å². The van der Waals surface area contributed by atoms with Crippen LogP contribution in [0.3, 0.4) is 0 Å². The van der Waals surface area contributed by atoms with Crippen molar-refractivity contribution in [1.29, 1.82) is 0 Å². The molecule has 0 saturated heterocycles. The molecule has 1 N–H and O–H groups in total. The second kappa shape index (κ2) is 5.59. The Labute approximate surface area is 97.0 Å². The van der Waals surface area contributed by atoms with Crippen molar-refractivity contribution in [1.82, 2.24) is 0 Å². The van der Waals surface area contributed by atoms with E-state index < -0.39 is 0 Å². The number of ether oxygens (including phenoxy) is 1. The van der Waals surface area contributed by atoms with Crippen LogP contribution in [0, 0.1) is 0 Å². The van der Waals surface area contributed by atoms with E-state index in [4.69, 9.17) is 21.4 Å². The molecule has 0 unspecified atom stereocenters. The molecule has 0 fully saturated rings. The predicted molar refractivity (Wildman–Crippen MR) is 60.9 cm³/mol. The molecule has 1 atom stereocenters. The van der Waals surface area contributed by atoms with Crippen molar-refractivity contribution in [3.8, 4) is 5.75 Å². The minimum absolute atomic E-state index is 0.0354. The van der Waals surface area contributed by atoms with Gasteiger partial charge in [-0.05, 0) is 35.0 Å². The summed E-state index contributed by atoms with van der Waals surface area (Å²) in [6, 6.07) is 5.52. The first kappa shape index (κ1) is 11.8. The van der Waals surface area contributed by atoms with Gasteiger partial charge in [0.1, 0.15) is 5.75 Å². The van der Waals surface area contributed by atoms with E-state index in [9.17, 15) is 0 Å². The van der Waals surface area contributed by atoms with Crippen LogP contribution in [0.4, 0.5) is 0 Å². The quantitative estimate of drug-likeness (QED) is 0.917. The second-order valence-electron chi connectivity index (χ2n) is 2.99. The maximum atomic E-state index is 8.72. The number of hydrogen-bond acceptors (Lipinski definition) is 2. The van der Waals surface area contributed by atoms with E-state index in [1.54, 1.807) is 6.07 Å². The molecule has 4 heteroatoms. The molecule has 0 aliphatic rings. The van der Waals surface area contributed by atoms with Gasteiger partial charge >= 0.3 is 0 Å². The van der Waals surface area contributed by atoms with Gasteiger partial charge in [0.05, 0.1) is 11.1 Å². The van der Waals surface area contributed by atoms with Gasteiger partial charge in [-0.2, -0.15) is 0 Å². The van der Waals surface area contributed by atoms with E-state index in [-0.39, 0.29) is 12.7 Å². The standard InChI is InChI=1S/C10H12BrClO2/c1-7(5-6-13)14-9-4-2-3-8(11)10(9)12/h2-4,7,13H,5-6H2,1H3/t7-/m0/s1. The molecule has 2 nitrogen and oxygen atoms in total. The highest BCUT2D eigenvalue weighted by atomic mass is 79.9. The third-order valence-electron chi connectivity index (χ3n) is 1.78. The van der Waals surface area contributed by atoms with Gasteiger partial charge < -0.3 is 9.84 Å². The van der Waals surface area contributed by atoms with Crippen LogP contribution in [0.1, 0.15) is 13.3 Å². The Bertz CT molecular complexity index is 304. The van der Waals surface area contributed by atoms with Crippen molar-refractivity contribution >= 4 is 27.5 Å². The van der Waals surface area contributed by atoms with Gasteiger partial charge in [0, 0.05) is 17.5 Å². The van der Waals surface area contributed by atoms with Gasteiger partial charge in [-0.1, -0.05) is 17.7 Å². The highest BCUT2D eigenvalue weighted by molar-refractivity contribution is 9.10. The van der Waals surface area contributed by atoms with E-state index >= 15 is 0 Å². The molecule has 0 heterocycles. The first-order valence-corrected chi connectivity index (χ1v) is 5.53. The molecular formula is C10H12BrClO2. The van der Waals surface area contributed by atoms with Crippen LogP contribution < -0.4 is 4.74 Å². The molecule has 14 heavy (non-hydrogen) atoms. The summed E-state index contributed by atoms with van der Waals surface area (Å²) in [5.74, 6) is 0.641. The third-order valence-corrected chi connectivity index (χ3v) is 3.06. The second-order valence-corrected chi connectivity index (χ2v) is 4.23. The average Bonchev–Trinajstić information content (AvgIpc) is 2.13. The topological polar surface area (TPSA) is 29.5 Å². The maximum absolute atomic E-state index is 8.72. The Hall–Kier alpha value is -0.250. The van der Waals surface area contributed by atoms with Gasteiger partial charge in [-0.3, -0.25) is 0 Å². The maximum Gasteiger partial charge on any atom is 0.139 e. The average molecular weight is 280 g/mol. The number of hydrogen-bond donors (Lipinski definition) is 1. The highest BCUT2D eigenvalue weighted by Gasteiger charge is 2.08. The fraction of sp³-hybridized carbons (Fsp3) is 0.400. The molecule has 0 spiro atoms. The lowest BCUT2D eigenvalue weighted by molar-refractivity contribution is 0.169. The normalized spacial score (nSPS) is 12.6. The molecule has 0 amide bonds. The van der Waals surface area contributed by atoms with Gasteiger partial charge in [0.2, 0.25) is 0 Å². The highest BCUT2D eigenvalue weighted by Crippen LogP contribution is 2.32. The van der Waals surface area contributed by atoms with Crippen molar-refractivity contribution < 1.29 is 9.84 Å². The summed E-state index contributed by atoms with van der Waals surface area (Å²) in [5.41, 5.74) is 0. The van der Waals surface area contributed by atoms with Crippen molar-refractivity contribution in [2.24, 2.45) is 0 Å². The smallest absolute Gasteiger partial charge is 0.139 e. The Balaban J connectivity index is 2.71. The Kier molecular flexibility index (Phi) is 4.72. The minimum Gasteiger partial charge on any atom is -0.489 e. The minimum atomic E-state index is -0.0354. The van der Waals surface area contributed by atoms with E-state index in [1.807, 2.05) is 19.1 Å². The third kappa shape index (κ3) is 3.15. The monoisotopic (exact) mass is 278 g/mol. The van der Waals surface area contributed by atoms with Gasteiger partial charge in [-0.15, -0.1) is 0 Å². The lowest BCUT2D eigenvalue weighted by atomic mass is 10.3. The summed E-state index contributed by atoms with van der Waals surface area (Å²) >= 11 is 9.32. The van der Waals surface area contributed by atoms with Crippen LogP contribution in [0.25, 0.3) is 0 Å². The molecule has 0 saturated carbocycles. The first-order chi connectivity index (χ1) is 6.65. The van der Waals surface area contributed by atoms with Crippen molar-refractivity contribution in [3.05, 3.63) is 27.7 Å². The van der Waals surface area contributed by atoms with Crippen LogP contribution in [0.5, 0.6) is 5.75 Å². The van der Waals surface area contributed by atoms with E-state index in [0.29, 0.717) is 17.2 Å². The van der Waals surface area contributed by atoms with E-state index in [0.717, 1.165) is 4.47 Å². The summed E-state index contributed by atoms with van der Waals surface area (Å²) in [7, 11) is 0. The van der Waals surface area contributed by atoms with Crippen molar-refractivity contribution in [3.63, 3.8) is 0 Å². The molecule has 0 radical (unpaired) electrons. The van der Waals surface area contributed by atoms with Gasteiger partial charge in [0.15, 0.2) is 0 Å². The summed E-state index contributed by atoms with van der Waals surface area (Å²) in [6.07, 6.45) is 0.565. The molecule has 0 aliphatic carbocycles. The Morgan fingerprint density at radius 1 is 1.57 bits per heavy atom.